The molecule has 4 heteroatoms. The SMILES string of the molecule is COc1cccc(CN2CCN([C@H]3CCC[C@@H](C)C3)CC2)c1OC. The molecule has 1 aromatic rings. The van der Waals surface area contributed by atoms with E-state index in [0.29, 0.717) is 0 Å². The second kappa shape index (κ2) is 8.21. The third kappa shape index (κ3) is 4.04. The van der Waals surface area contributed by atoms with Gasteiger partial charge < -0.3 is 9.47 Å². The van der Waals surface area contributed by atoms with E-state index in [1.165, 1.54) is 44.3 Å². The van der Waals surface area contributed by atoms with Crippen LogP contribution in [0.5, 0.6) is 11.5 Å². The number of benzene rings is 1. The molecule has 1 aromatic carbocycles. The minimum absolute atomic E-state index is 0.822. The Morgan fingerprint density at radius 1 is 1.04 bits per heavy atom. The molecule has 1 saturated heterocycles. The number of rotatable bonds is 5. The summed E-state index contributed by atoms with van der Waals surface area (Å²) in [6.07, 6.45) is 5.62. The van der Waals surface area contributed by atoms with Crippen LogP contribution in [0.3, 0.4) is 0 Å². The fourth-order valence-electron chi connectivity index (χ4n) is 4.34. The number of piperazine rings is 1. The van der Waals surface area contributed by atoms with Gasteiger partial charge in [0.2, 0.25) is 0 Å². The number of hydrogen-bond acceptors (Lipinski definition) is 4. The van der Waals surface area contributed by atoms with Gasteiger partial charge in [-0.2, -0.15) is 0 Å². The number of methoxy groups -OCH3 is 2. The minimum Gasteiger partial charge on any atom is -0.493 e. The van der Waals surface area contributed by atoms with Crippen LogP contribution in [0.15, 0.2) is 18.2 Å². The molecule has 134 valence electrons. The Balaban J connectivity index is 1.56. The molecule has 0 aromatic heterocycles. The average molecular weight is 332 g/mol. The topological polar surface area (TPSA) is 24.9 Å². The Labute approximate surface area is 146 Å². The van der Waals surface area contributed by atoms with Crippen molar-refractivity contribution in [1.82, 2.24) is 9.80 Å². The van der Waals surface area contributed by atoms with Crippen molar-refractivity contribution in [3.63, 3.8) is 0 Å². The van der Waals surface area contributed by atoms with Crippen molar-refractivity contribution in [2.75, 3.05) is 40.4 Å². The zero-order valence-electron chi connectivity index (χ0n) is 15.5. The number of para-hydroxylation sites is 1. The van der Waals surface area contributed by atoms with Gasteiger partial charge in [0.25, 0.3) is 0 Å². The summed E-state index contributed by atoms with van der Waals surface area (Å²) < 4.78 is 11.0. The summed E-state index contributed by atoms with van der Waals surface area (Å²) in [5.41, 5.74) is 1.22. The quantitative estimate of drug-likeness (QED) is 0.825. The summed E-state index contributed by atoms with van der Waals surface area (Å²) in [7, 11) is 3.43. The maximum Gasteiger partial charge on any atom is 0.165 e. The average Bonchev–Trinajstić information content (AvgIpc) is 2.62. The zero-order chi connectivity index (χ0) is 16.9. The molecule has 3 rings (SSSR count). The van der Waals surface area contributed by atoms with Crippen LogP contribution in [0.1, 0.15) is 38.2 Å². The van der Waals surface area contributed by atoms with Crippen molar-refractivity contribution in [3.05, 3.63) is 23.8 Å². The van der Waals surface area contributed by atoms with Crippen molar-refractivity contribution in [2.45, 2.75) is 45.2 Å². The number of ether oxygens (including phenoxy) is 2. The van der Waals surface area contributed by atoms with Crippen molar-refractivity contribution < 1.29 is 9.47 Å². The van der Waals surface area contributed by atoms with Crippen molar-refractivity contribution in [3.8, 4) is 11.5 Å². The second-order valence-corrected chi connectivity index (χ2v) is 7.39. The predicted octanol–water partition coefficient (Wildman–Crippen LogP) is 3.40. The third-order valence-corrected chi connectivity index (χ3v) is 5.71. The fourth-order valence-corrected chi connectivity index (χ4v) is 4.34. The lowest BCUT2D eigenvalue weighted by atomic mass is 9.86. The highest BCUT2D eigenvalue weighted by Crippen LogP contribution is 2.32. The summed E-state index contributed by atoms with van der Waals surface area (Å²) in [5, 5.41) is 0. The molecule has 0 N–H and O–H groups in total. The maximum absolute atomic E-state index is 5.57. The summed E-state index contributed by atoms with van der Waals surface area (Å²) in [6, 6.07) is 6.99. The Bertz CT molecular complexity index is 526. The Morgan fingerprint density at radius 2 is 1.83 bits per heavy atom. The van der Waals surface area contributed by atoms with Crippen LogP contribution in [-0.2, 0) is 6.54 Å². The van der Waals surface area contributed by atoms with Crippen LogP contribution in [0.2, 0.25) is 0 Å². The Hall–Kier alpha value is -1.26. The molecule has 0 spiro atoms. The first-order valence-corrected chi connectivity index (χ1v) is 9.37. The van der Waals surface area contributed by atoms with Gasteiger partial charge in [0.15, 0.2) is 11.5 Å². The molecule has 0 unspecified atom stereocenters. The molecule has 0 amide bonds. The first-order chi connectivity index (χ1) is 11.7. The standard InChI is InChI=1S/C20H32N2O2/c1-16-6-4-8-18(14-16)22-12-10-21(11-13-22)15-17-7-5-9-19(23-2)20(17)24-3/h5,7,9,16,18H,4,6,8,10-15H2,1-3H3/t16-,18+/m1/s1. The molecule has 1 aliphatic heterocycles. The van der Waals surface area contributed by atoms with E-state index in [1.807, 2.05) is 6.07 Å². The molecular formula is C20H32N2O2. The van der Waals surface area contributed by atoms with E-state index in [4.69, 9.17) is 9.47 Å². The fraction of sp³-hybridized carbons (Fsp3) is 0.700. The molecule has 0 bridgehead atoms. The van der Waals surface area contributed by atoms with Gasteiger partial charge in [0.05, 0.1) is 14.2 Å². The predicted molar refractivity (Wildman–Crippen MR) is 97.8 cm³/mol. The summed E-state index contributed by atoms with van der Waals surface area (Å²) in [6.45, 7) is 8.04. The third-order valence-electron chi connectivity index (χ3n) is 5.71. The normalized spacial score (nSPS) is 26.3. The second-order valence-electron chi connectivity index (χ2n) is 7.39. The lowest BCUT2D eigenvalue weighted by Gasteiger charge is -2.42. The Kier molecular flexibility index (Phi) is 6.01. The van der Waals surface area contributed by atoms with Crippen LogP contribution >= 0.6 is 0 Å². The molecule has 1 saturated carbocycles. The highest BCUT2D eigenvalue weighted by atomic mass is 16.5. The van der Waals surface area contributed by atoms with Gasteiger partial charge in [-0.15, -0.1) is 0 Å². The van der Waals surface area contributed by atoms with E-state index in [1.54, 1.807) is 14.2 Å². The van der Waals surface area contributed by atoms with E-state index in [-0.39, 0.29) is 0 Å². The number of hydrogen-bond donors (Lipinski definition) is 0. The van der Waals surface area contributed by atoms with Crippen molar-refractivity contribution >= 4 is 0 Å². The lowest BCUT2D eigenvalue weighted by molar-refractivity contribution is 0.0655. The summed E-state index contributed by atoms with van der Waals surface area (Å²) in [5.74, 6) is 2.61. The monoisotopic (exact) mass is 332 g/mol. The minimum atomic E-state index is 0.822. The van der Waals surface area contributed by atoms with E-state index >= 15 is 0 Å². The molecular weight excluding hydrogens is 300 g/mol. The molecule has 0 radical (unpaired) electrons. The Morgan fingerprint density at radius 3 is 2.50 bits per heavy atom. The molecule has 1 heterocycles. The summed E-state index contributed by atoms with van der Waals surface area (Å²) in [4.78, 5) is 5.27. The van der Waals surface area contributed by atoms with Gasteiger partial charge >= 0.3 is 0 Å². The molecule has 2 aliphatic rings. The molecule has 2 fully saturated rings. The first-order valence-electron chi connectivity index (χ1n) is 9.37. The van der Waals surface area contributed by atoms with E-state index in [2.05, 4.69) is 28.9 Å². The maximum atomic E-state index is 5.57. The smallest absolute Gasteiger partial charge is 0.165 e. The molecule has 24 heavy (non-hydrogen) atoms. The van der Waals surface area contributed by atoms with Gasteiger partial charge in [0.1, 0.15) is 0 Å². The van der Waals surface area contributed by atoms with Crippen LogP contribution in [-0.4, -0.2) is 56.2 Å². The molecule has 2 atom stereocenters. The van der Waals surface area contributed by atoms with Crippen molar-refractivity contribution in [1.29, 1.82) is 0 Å². The highest BCUT2D eigenvalue weighted by Gasteiger charge is 2.27. The molecule has 1 aliphatic carbocycles. The van der Waals surface area contributed by atoms with Gasteiger partial charge in [0, 0.05) is 44.3 Å². The van der Waals surface area contributed by atoms with E-state index in [0.717, 1.165) is 43.1 Å². The van der Waals surface area contributed by atoms with Crippen LogP contribution < -0.4 is 9.47 Å². The highest BCUT2D eigenvalue weighted by molar-refractivity contribution is 5.46. The largest absolute Gasteiger partial charge is 0.493 e. The van der Waals surface area contributed by atoms with Gasteiger partial charge in [-0.3, -0.25) is 9.80 Å². The lowest BCUT2D eigenvalue weighted by Crippen LogP contribution is -2.50. The number of nitrogens with zero attached hydrogens (tertiary/aromatic N) is 2. The first kappa shape index (κ1) is 17.6. The van der Waals surface area contributed by atoms with Crippen molar-refractivity contribution in [2.24, 2.45) is 5.92 Å². The summed E-state index contributed by atoms with van der Waals surface area (Å²) >= 11 is 0. The zero-order valence-corrected chi connectivity index (χ0v) is 15.5. The van der Waals surface area contributed by atoms with Crippen LogP contribution in [0, 0.1) is 5.92 Å². The van der Waals surface area contributed by atoms with Gasteiger partial charge in [-0.05, 0) is 24.8 Å². The van der Waals surface area contributed by atoms with Crippen LogP contribution in [0.25, 0.3) is 0 Å². The van der Waals surface area contributed by atoms with E-state index < -0.39 is 0 Å². The van der Waals surface area contributed by atoms with Gasteiger partial charge in [-0.25, -0.2) is 0 Å². The van der Waals surface area contributed by atoms with E-state index in [9.17, 15) is 0 Å². The van der Waals surface area contributed by atoms with Gasteiger partial charge in [-0.1, -0.05) is 31.9 Å². The molecule has 4 nitrogen and oxygen atoms in total. The van der Waals surface area contributed by atoms with Crippen LogP contribution in [0.4, 0.5) is 0 Å².